The van der Waals surface area contributed by atoms with E-state index in [1.165, 1.54) is 16.7 Å². The fourth-order valence-corrected chi connectivity index (χ4v) is 3.33. The van der Waals surface area contributed by atoms with Crippen LogP contribution < -0.4 is 0 Å². The molecule has 0 radical (unpaired) electrons. The average Bonchev–Trinajstić information content (AvgIpc) is 3.00. The molecule has 1 saturated heterocycles. The molecule has 0 aromatic carbocycles. The van der Waals surface area contributed by atoms with E-state index < -0.39 is 0 Å². The number of ether oxygens (including phenoxy) is 1. The molecule has 1 aliphatic heterocycles. The normalized spacial score (nSPS) is 16.6. The highest BCUT2D eigenvalue weighted by Gasteiger charge is 2.32. The summed E-state index contributed by atoms with van der Waals surface area (Å²) in [5.74, 6) is 0.0235. The van der Waals surface area contributed by atoms with Crippen LogP contribution in [-0.4, -0.2) is 34.2 Å². The number of hydrogen-bond donors (Lipinski definition) is 0. The van der Waals surface area contributed by atoms with Gasteiger partial charge in [0.1, 0.15) is 10.1 Å². The van der Waals surface area contributed by atoms with Crippen LogP contribution in [0.4, 0.5) is 0 Å². The summed E-state index contributed by atoms with van der Waals surface area (Å²) in [5.41, 5.74) is 0. The van der Waals surface area contributed by atoms with Crippen molar-refractivity contribution in [3.63, 3.8) is 0 Å². The first-order chi connectivity index (χ1) is 10.5. The number of halogens is 1. The quantitative estimate of drug-likeness (QED) is 0.410. The van der Waals surface area contributed by atoms with E-state index in [-0.39, 0.29) is 24.8 Å². The van der Waals surface area contributed by atoms with Crippen molar-refractivity contribution >= 4 is 62.2 Å². The van der Waals surface area contributed by atoms with E-state index in [1.807, 2.05) is 6.92 Å². The Bertz CT molecular complexity index is 626. The molecule has 118 valence electrons. The summed E-state index contributed by atoms with van der Waals surface area (Å²) >= 11 is 9.59. The standard InChI is InChI=1S/C14H14BrNO4S2/c1-2-7-19-12(17)5-6-16-13(18)10(22-14(16)21)8-9-3-4-11(15)20-9/h3-4,8H,2,5-7H2,1H3/b10-8-. The van der Waals surface area contributed by atoms with Gasteiger partial charge in [-0.05, 0) is 34.5 Å². The van der Waals surface area contributed by atoms with Crippen molar-refractivity contribution in [3.8, 4) is 0 Å². The molecule has 8 heteroatoms. The van der Waals surface area contributed by atoms with Crippen molar-refractivity contribution in [1.82, 2.24) is 4.90 Å². The number of nitrogens with zero attached hydrogens (tertiary/aromatic N) is 1. The van der Waals surface area contributed by atoms with Gasteiger partial charge in [-0.3, -0.25) is 14.5 Å². The van der Waals surface area contributed by atoms with Crippen molar-refractivity contribution in [3.05, 3.63) is 27.5 Å². The third kappa shape index (κ3) is 4.44. The molecule has 1 aliphatic rings. The van der Waals surface area contributed by atoms with Gasteiger partial charge in [0.25, 0.3) is 5.91 Å². The largest absolute Gasteiger partial charge is 0.466 e. The third-order valence-electron chi connectivity index (χ3n) is 2.75. The van der Waals surface area contributed by atoms with Crippen LogP contribution in [0.3, 0.4) is 0 Å². The van der Waals surface area contributed by atoms with E-state index in [4.69, 9.17) is 21.4 Å². The average molecular weight is 404 g/mol. The number of thiocarbonyl (C=S) groups is 1. The van der Waals surface area contributed by atoms with Crippen LogP contribution in [0, 0.1) is 0 Å². The van der Waals surface area contributed by atoms with Crippen molar-refractivity contribution in [2.24, 2.45) is 0 Å². The Hall–Kier alpha value is -1.12. The number of furan rings is 1. The third-order valence-corrected chi connectivity index (χ3v) is 4.55. The highest BCUT2D eigenvalue weighted by atomic mass is 79.9. The minimum absolute atomic E-state index is 0.131. The van der Waals surface area contributed by atoms with Crippen LogP contribution in [0.15, 0.2) is 26.1 Å². The molecule has 0 spiro atoms. The predicted molar refractivity (Wildman–Crippen MR) is 92.2 cm³/mol. The van der Waals surface area contributed by atoms with E-state index in [1.54, 1.807) is 18.2 Å². The Morgan fingerprint density at radius 1 is 1.55 bits per heavy atom. The number of rotatable bonds is 6. The summed E-state index contributed by atoms with van der Waals surface area (Å²) < 4.78 is 11.4. The van der Waals surface area contributed by atoms with Crippen LogP contribution in [0.1, 0.15) is 25.5 Å². The van der Waals surface area contributed by atoms with Crippen molar-refractivity contribution < 1.29 is 18.7 Å². The number of thioether (sulfide) groups is 1. The van der Waals surface area contributed by atoms with Crippen LogP contribution in [0.5, 0.6) is 0 Å². The molecule has 0 saturated carbocycles. The lowest BCUT2D eigenvalue weighted by Gasteiger charge is -2.13. The Balaban J connectivity index is 1.97. The van der Waals surface area contributed by atoms with Crippen LogP contribution in [0.2, 0.25) is 0 Å². The first kappa shape index (κ1) is 17.2. The van der Waals surface area contributed by atoms with Crippen molar-refractivity contribution in [2.75, 3.05) is 13.2 Å². The van der Waals surface area contributed by atoms with Gasteiger partial charge in [-0.25, -0.2) is 0 Å². The Kier molecular flexibility index (Phi) is 6.22. The second kappa shape index (κ2) is 7.94. The predicted octanol–water partition coefficient (Wildman–Crippen LogP) is 3.59. The zero-order valence-corrected chi connectivity index (χ0v) is 15.1. The lowest BCUT2D eigenvalue weighted by molar-refractivity contribution is -0.143. The fraction of sp³-hybridized carbons (Fsp3) is 0.357. The van der Waals surface area contributed by atoms with Gasteiger partial charge in [0.15, 0.2) is 4.67 Å². The smallest absolute Gasteiger partial charge is 0.307 e. The van der Waals surface area contributed by atoms with Gasteiger partial charge in [-0.1, -0.05) is 30.9 Å². The molecule has 1 amide bonds. The number of carbonyl (C=O) groups excluding carboxylic acids is 2. The minimum atomic E-state index is -0.324. The van der Waals surface area contributed by atoms with E-state index in [0.717, 1.165) is 6.42 Å². The van der Waals surface area contributed by atoms with Crippen molar-refractivity contribution in [1.29, 1.82) is 0 Å². The van der Waals surface area contributed by atoms with Crippen LogP contribution in [0.25, 0.3) is 6.08 Å². The fourth-order valence-electron chi connectivity index (χ4n) is 1.72. The van der Waals surface area contributed by atoms with Crippen LogP contribution in [-0.2, 0) is 14.3 Å². The highest BCUT2D eigenvalue weighted by Crippen LogP contribution is 2.33. The molecule has 2 heterocycles. The summed E-state index contributed by atoms with van der Waals surface area (Å²) in [6, 6.07) is 3.50. The highest BCUT2D eigenvalue weighted by molar-refractivity contribution is 9.10. The maximum atomic E-state index is 12.3. The number of carbonyl (C=O) groups is 2. The zero-order valence-electron chi connectivity index (χ0n) is 11.8. The second-order valence-electron chi connectivity index (χ2n) is 4.45. The number of hydrogen-bond acceptors (Lipinski definition) is 6. The van der Waals surface area contributed by atoms with E-state index in [2.05, 4.69) is 15.9 Å². The lowest BCUT2D eigenvalue weighted by atomic mass is 10.3. The maximum Gasteiger partial charge on any atom is 0.307 e. The first-order valence-electron chi connectivity index (χ1n) is 6.67. The molecule has 1 aromatic heterocycles. The molecule has 0 bridgehead atoms. The summed E-state index contributed by atoms with van der Waals surface area (Å²) in [5, 5.41) is 0. The molecular weight excluding hydrogens is 390 g/mol. The van der Waals surface area contributed by atoms with Crippen molar-refractivity contribution in [2.45, 2.75) is 19.8 Å². The van der Waals surface area contributed by atoms with Gasteiger partial charge in [-0.2, -0.15) is 0 Å². The first-order valence-corrected chi connectivity index (χ1v) is 8.69. The van der Waals surface area contributed by atoms with E-state index in [9.17, 15) is 9.59 Å². The van der Waals surface area contributed by atoms with E-state index >= 15 is 0 Å². The van der Waals surface area contributed by atoms with Gasteiger partial charge < -0.3 is 9.15 Å². The number of amides is 1. The van der Waals surface area contributed by atoms with Gasteiger partial charge >= 0.3 is 5.97 Å². The Morgan fingerprint density at radius 2 is 2.32 bits per heavy atom. The molecule has 5 nitrogen and oxygen atoms in total. The Labute approximate surface area is 146 Å². The van der Waals surface area contributed by atoms with Gasteiger partial charge in [-0.15, -0.1) is 0 Å². The summed E-state index contributed by atoms with van der Waals surface area (Å²) in [6.07, 6.45) is 2.54. The van der Waals surface area contributed by atoms with E-state index in [0.29, 0.717) is 26.3 Å². The maximum absolute atomic E-state index is 12.3. The second-order valence-corrected chi connectivity index (χ2v) is 6.90. The molecule has 1 aromatic rings. The monoisotopic (exact) mass is 403 g/mol. The molecule has 0 N–H and O–H groups in total. The molecule has 0 atom stereocenters. The summed E-state index contributed by atoms with van der Waals surface area (Å²) in [4.78, 5) is 25.7. The van der Waals surface area contributed by atoms with Gasteiger partial charge in [0.2, 0.25) is 0 Å². The van der Waals surface area contributed by atoms with Gasteiger partial charge in [0.05, 0.1) is 17.9 Å². The molecule has 0 unspecified atom stereocenters. The van der Waals surface area contributed by atoms with Crippen LogP contribution >= 0.6 is 39.9 Å². The molecule has 1 fully saturated rings. The number of esters is 1. The summed E-state index contributed by atoms with van der Waals surface area (Å²) in [7, 11) is 0. The topological polar surface area (TPSA) is 59.8 Å². The SMILES string of the molecule is CCCOC(=O)CCN1C(=O)/C(=C/c2ccc(Br)o2)SC1=S. The molecule has 2 rings (SSSR count). The zero-order chi connectivity index (χ0) is 16.1. The summed E-state index contributed by atoms with van der Waals surface area (Å²) in [6.45, 7) is 2.55. The van der Waals surface area contributed by atoms with Gasteiger partial charge in [0, 0.05) is 12.6 Å². The Morgan fingerprint density at radius 3 is 2.95 bits per heavy atom. The molecule has 22 heavy (non-hydrogen) atoms. The molecular formula is C14H14BrNO4S2. The lowest BCUT2D eigenvalue weighted by Crippen LogP contribution is -2.30. The minimum Gasteiger partial charge on any atom is -0.466 e. The molecule has 0 aliphatic carbocycles.